The third-order valence-electron chi connectivity index (χ3n) is 2.40. The van der Waals surface area contributed by atoms with E-state index >= 15 is 0 Å². The Labute approximate surface area is 102 Å². The fourth-order valence-electron chi connectivity index (χ4n) is 1.54. The number of anilines is 1. The number of aromatic nitrogens is 5. The molecule has 0 aliphatic rings. The smallest absolute Gasteiger partial charge is 0.276 e. The van der Waals surface area contributed by atoms with E-state index in [1.807, 2.05) is 19.1 Å². The lowest BCUT2D eigenvalue weighted by Gasteiger charge is -1.93. The highest BCUT2D eigenvalue weighted by atomic mass is 16.5. The van der Waals surface area contributed by atoms with Crippen molar-refractivity contribution >= 4 is 5.82 Å². The summed E-state index contributed by atoms with van der Waals surface area (Å²) in [6.45, 7) is 1.97. The van der Waals surface area contributed by atoms with Crippen LogP contribution in [0.4, 0.5) is 5.82 Å². The van der Waals surface area contributed by atoms with Crippen LogP contribution >= 0.6 is 0 Å². The number of pyridine rings is 1. The summed E-state index contributed by atoms with van der Waals surface area (Å²) < 4.78 is 5.13. The molecule has 0 unspecified atom stereocenters. The number of nitrogens with zero attached hydrogens (tertiary/aromatic N) is 4. The molecular formula is C11H10N6O. The number of hydrogen-bond acceptors (Lipinski definition) is 6. The van der Waals surface area contributed by atoms with E-state index in [0.717, 1.165) is 5.56 Å². The van der Waals surface area contributed by atoms with Gasteiger partial charge in [0.1, 0.15) is 17.2 Å². The molecule has 3 aromatic rings. The lowest BCUT2D eigenvalue weighted by molar-refractivity contribution is 0.430. The highest BCUT2D eigenvalue weighted by Gasteiger charge is 2.13. The van der Waals surface area contributed by atoms with Gasteiger partial charge in [-0.05, 0) is 24.6 Å². The van der Waals surface area contributed by atoms with E-state index in [1.54, 1.807) is 12.3 Å². The first-order valence-electron chi connectivity index (χ1n) is 5.30. The van der Waals surface area contributed by atoms with Gasteiger partial charge in [-0.2, -0.15) is 10.1 Å². The molecular weight excluding hydrogens is 232 g/mol. The van der Waals surface area contributed by atoms with E-state index in [2.05, 4.69) is 25.3 Å². The molecule has 0 radical (unpaired) electrons. The van der Waals surface area contributed by atoms with Gasteiger partial charge in [0.25, 0.3) is 5.89 Å². The Morgan fingerprint density at radius 1 is 1.33 bits per heavy atom. The van der Waals surface area contributed by atoms with Crippen LogP contribution in [0.25, 0.3) is 23.1 Å². The van der Waals surface area contributed by atoms with Crippen molar-refractivity contribution in [2.75, 3.05) is 5.73 Å². The Bertz CT molecular complexity index is 686. The molecule has 0 bridgehead atoms. The Balaban J connectivity index is 1.99. The van der Waals surface area contributed by atoms with E-state index in [4.69, 9.17) is 10.3 Å². The van der Waals surface area contributed by atoms with Gasteiger partial charge < -0.3 is 10.3 Å². The number of hydrogen-bond donors (Lipinski definition) is 2. The fraction of sp³-hybridized carbons (Fsp3) is 0.0909. The van der Waals surface area contributed by atoms with Crippen LogP contribution in [0.5, 0.6) is 0 Å². The molecule has 0 aromatic carbocycles. The molecule has 7 nitrogen and oxygen atoms in total. The molecule has 0 saturated carbocycles. The second kappa shape index (κ2) is 3.95. The number of rotatable bonds is 2. The number of aryl methyl sites for hydroxylation is 1. The summed E-state index contributed by atoms with van der Waals surface area (Å²) in [5, 5.41) is 10.4. The van der Waals surface area contributed by atoms with Crippen molar-refractivity contribution in [3.05, 3.63) is 30.0 Å². The molecule has 3 N–H and O–H groups in total. The molecule has 0 aliphatic carbocycles. The second-order valence-electron chi connectivity index (χ2n) is 3.85. The van der Waals surface area contributed by atoms with E-state index in [1.165, 1.54) is 0 Å². The zero-order valence-corrected chi connectivity index (χ0v) is 9.58. The maximum atomic E-state index is 5.51. The number of H-pyrrole nitrogens is 1. The normalized spacial score (nSPS) is 10.7. The number of nitrogens with two attached hydrogens (primary N) is 1. The fourth-order valence-corrected chi connectivity index (χ4v) is 1.54. The SMILES string of the molecule is Cc1ccnc(-c2noc(-c3cc(N)n[nH]3)n2)c1. The monoisotopic (exact) mass is 242 g/mol. The minimum Gasteiger partial charge on any atom is -0.382 e. The molecule has 0 fully saturated rings. The van der Waals surface area contributed by atoms with E-state index < -0.39 is 0 Å². The molecule has 3 aromatic heterocycles. The first-order valence-corrected chi connectivity index (χ1v) is 5.30. The standard InChI is InChI=1S/C11H10N6O/c1-6-2-3-13-7(4-6)10-14-11(18-17-10)8-5-9(12)16-15-8/h2-5H,1H3,(H3,12,15,16). The molecule has 0 spiro atoms. The zero-order valence-electron chi connectivity index (χ0n) is 9.58. The van der Waals surface area contributed by atoms with Crippen LogP contribution in [0, 0.1) is 6.92 Å². The summed E-state index contributed by atoms with van der Waals surface area (Å²) in [6.07, 6.45) is 1.70. The Hall–Kier alpha value is -2.70. The molecule has 0 amide bonds. The van der Waals surface area contributed by atoms with Crippen molar-refractivity contribution in [1.29, 1.82) is 0 Å². The Morgan fingerprint density at radius 3 is 2.94 bits per heavy atom. The second-order valence-corrected chi connectivity index (χ2v) is 3.85. The highest BCUT2D eigenvalue weighted by Crippen LogP contribution is 2.20. The first-order chi connectivity index (χ1) is 8.72. The molecule has 3 heterocycles. The summed E-state index contributed by atoms with van der Waals surface area (Å²) in [4.78, 5) is 8.42. The number of aromatic amines is 1. The number of nitrogen functional groups attached to an aromatic ring is 1. The minimum absolute atomic E-state index is 0.331. The van der Waals surface area contributed by atoms with Crippen molar-refractivity contribution in [2.45, 2.75) is 6.92 Å². The van der Waals surface area contributed by atoms with Crippen LogP contribution in [-0.2, 0) is 0 Å². The minimum atomic E-state index is 0.331. The third-order valence-corrected chi connectivity index (χ3v) is 2.40. The summed E-state index contributed by atoms with van der Waals surface area (Å²) in [6, 6.07) is 5.41. The highest BCUT2D eigenvalue weighted by molar-refractivity contribution is 5.56. The molecule has 7 heteroatoms. The van der Waals surface area contributed by atoms with Crippen LogP contribution in [-0.4, -0.2) is 25.3 Å². The van der Waals surface area contributed by atoms with Crippen LogP contribution < -0.4 is 5.73 Å². The summed E-state index contributed by atoms with van der Waals surface area (Å²) in [7, 11) is 0. The van der Waals surface area contributed by atoms with E-state index in [9.17, 15) is 0 Å². The van der Waals surface area contributed by atoms with Gasteiger partial charge in [-0.3, -0.25) is 10.1 Å². The van der Waals surface area contributed by atoms with Gasteiger partial charge in [0, 0.05) is 12.3 Å². The predicted octanol–water partition coefficient (Wildman–Crippen LogP) is 1.41. The van der Waals surface area contributed by atoms with Crippen LogP contribution in [0.1, 0.15) is 5.56 Å². The summed E-state index contributed by atoms with van der Waals surface area (Å²) in [5.41, 5.74) is 7.84. The van der Waals surface area contributed by atoms with Crippen LogP contribution in [0.15, 0.2) is 28.9 Å². The lowest BCUT2D eigenvalue weighted by Crippen LogP contribution is -1.86. The van der Waals surface area contributed by atoms with Gasteiger partial charge >= 0.3 is 0 Å². The summed E-state index contributed by atoms with van der Waals surface area (Å²) in [5.74, 6) is 1.14. The zero-order chi connectivity index (χ0) is 12.5. The maximum absolute atomic E-state index is 5.51. The van der Waals surface area contributed by atoms with Gasteiger partial charge in [0.05, 0.1) is 0 Å². The van der Waals surface area contributed by atoms with Gasteiger partial charge in [0.2, 0.25) is 5.82 Å². The van der Waals surface area contributed by atoms with Gasteiger partial charge in [-0.1, -0.05) is 5.16 Å². The third kappa shape index (κ3) is 1.81. The van der Waals surface area contributed by atoms with Gasteiger partial charge in [-0.25, -0.2) is 0 Å². The van der Waals surface area contributed by atoms with Crippen molar-refractivity contribution < 1.29 is 4.52 Å². The maximum Gasteiger partial charge on any atom is 0.276 e. The van der Waals surface area contributed by atoms with Crippen LogP contribution in [0.3, 0.4) is 0 Å². The molecule has 0 aliphatic heterocycles. The molecule has 3 rings (SSSR count). The largest absolute Gasteiger partial charge is 0.382 e. The van der Waals surface area contributed by atoms with Crippen molar-refractivity contribution in [1.82, 2.24) is 25.3 Å². The van der Waals surface area contributed by atoms with E-state index in [-0.39, 0.29) is 0 Å². The van der Waals surface area contributed by atoms with Crippen molar-refractivity contribution in [3.63, 3.8) is 0 Å². The Kier molecular flexibility index (Phi) is 2.30. The van der Waals surface area contributed by atoms with Gasteiger partial charge in [-0.15, -0.1) is 0 Å². The summed E-state index contributed by atoms with van der Waals surface area (Å²) >= 11 is 0. The molecule has 0 saturated heterocycles. The molecule has 0 atom stereocenters. The average Bonchev–Trinajstić information content (AvgIpc) is 2.97. The predicted molar refractivity (Wildman–Crippen MR) is 64.3 cm³/mol. The molecule has 18 heavy (non-hydrogen) atoms. The first kappa shape index (κ1) is 10.5. The van der Waals surface area contributed by atoms with Crippen molar-refractivity contribution in [3.8, 4) is 23.1 Å². The Morgan fingerprint density at radius 2 is 2.22 bits per heavy atom. The quantitative estimate of drug-likeness (QED) is 0.703. The van der Waals surface area contributed by atoms with Crippen LogP contribution in [0.2, 0.25) is 0 Å². The lowest BCUT2D eigenvalue weighted by atomic mass is 10.2. The number of nitrogens with one attached hydrogen (secondary N) is 1. The van der Waals surface area contributed by atoms with Crippen molar-refractivity contribution in [2.24, 2.45) is 0 Å². The van der Waals surface area contributed by atoms with Gasteiger partial charge in [0.15, 0.2) is 0 Å². The molecule has 90 valence electrons. The topological polar surface area (TPSA) is 107 Å². The van der Waals surface area contributed by atoms with E-state index in [0.29, 0.717) is 28.9 Å². The average molecular weight is 242 g/mol.